The molecule has 6 nitrogen and oxygen atoms in total. The first-order chi connectivity index (χ1) is 9.27. The molecular formula is C13H22N4O2. The second-order valence-corrected chi connectivity index (χ2v) is 4.19. The predicted octanol–water partition coefficient (Wildman–Crippen LogP) is 1.45. The standard InChI is InChI=1S/C13H22N4O2/c1-3-4-5-8-14-12-7-6-11(16-17-12)13(18)15-9-10-19-2/h6-7H,3-5,8-10H2,1-2H3,(H,14,17)(H,15,18). The van der Waals surface area contributed by atoms with Crippen LogP contribution in [0.5, 0.6) is 0 Å². The first kappa shape index (κ1) is 15.4. The van der Waals surface area contributed by atoms with E-state index < -0.39 is 0 Å². The SMILES string of the molecule is CCCCCNc1ccc(C(=O)NCCOC)nn1. The third kappa shape index (κ3) is 6.15. The van der Waals surface area contributed by atoms with E-state index in [0.717, 1.165) is 13.0 Å². The molecule has 0 spiro atoms. The van der Waals surface area contributed by atoms with Gasteiger partial charge in [0.1, 0.15) is 5.82 Å². The number of nitrogens with zero attached hydrogens (tertiary/aromatic N) is 2. The zero-order valence-corrected chi connectivity index (χ0v) is 11.6. The monoisotopic (exact) mass is 266 g/mol. The number of ether oxygens (including phenoxy) is 1. The van der Waals surface area contributed by atoms with Crippen molar-refractivity contribution < 1.29 is 9.53 Å². The molecule has 0 fully saturated rings. The van der Waals surface area contributed by atoms with Gasteiger partial charge in [0.05, 0.1) is 6.61 Å². The van der Waals surface area contributed by atoms with Crippen molar-refractivity contribution in [2.45, 2.75) is 26.2 Å². The highest BCUT2D eigenvalue weighted by atomic mass is 16.5. The molecule has 0 radical (unpaired) electrons. The summed E-state index contributed by atoms with van der Waals surface area (Å²) in [5.41, 5.74) is 0.315. The van der Waals surface area contributed by atoms with Crippen LogP contribution in [0, 0.1) is 0 Å². The zero-order valence-electron chi connectivity index (χ0n) is 11.6. The smallest absolute Gasteiger partial charge is 0.271 e. The molecule has 0 saturated heterocycles. The minimum atomic E-state index is -0.234. The van der Waals surface area contributed by atoms with Gasteiger partial charge in [-0.25, -0.2) is 0 Å². The summed E-state index contributed by atoms with van der Waals surface area (Å²) in [6.07, 6.45) is 3.49. The van der Waals surface area contributed by atoms with E-state index in [1.54, 1.807) is 19.2 Å². The van der Waals surface area contributed by atoms with Crippen LogP contribution in [0.4, 0.5) is 5.82 Å². The van der Waals surface area contributed by atoms with E-state index in [9.17, 15) is 4.79 Å². The Hall–Kier alpha value is -1.69. The van der Waals surface area contributed by atoms with Gasteiger partial charge in [-0.15, -0.1) is 10.2 Å². The molecule has 6 heteroatoms. The van der Waals surface area contributed by atoms with Crippen molar-refractivity contribution >= 4 is 11.7 Å². The van der Waals surface area contributed by atoms with Crippen molar-refractivity contribution in [2.24, 2.45) is 0 Å². The Kier molecular flexibility index (Phi) is 7.50. The minimum Gasteiger partial charge on any atom is -0.383 e. The molecule has 0 aromatic carbocycles. The number of carbonyl (C=O) groups is 1. The fraction of sp³-hybridized carbons (Fsp3) is 0.615. The minimum absolute atomic E-state index is 0.234. The average molecular weight is 266 g/mol. The first-order valence-corrected chi connectivity index (χ1v) is 6.62. The highest BCUT2D eigenvalue weighted by molar-refractivity contribution is 5.92. The summed E-state index contributed by atoms with van der Waals surface area (Å²) < 4.78 is 4.85. The van der Waals surface area contributed by atoms with Gasteiger partial charge < -0.3 is 15.4 Å². The predicted molar refractivity (Wildman–Crippen MR) is 74.3 cm³/mol. The van der Waals surface area contributed by atoms with Gasteiger partial charge in [0.2, 0.25) is 0 Å². The molecule has 0 unspecified atom stereocenters. The number of rotatable bonds is 9. The summed E-state index contributed by atoms with van der Waals surface area (Å²) >= 11 is 0. The van der Waals surface area contributed by atoms with Crippen molar-refractivity contribution in [1.29, 1.82) is 0 Å². The number of amides is 1. The van der Waals surface area contributed by atoms with Crippen molar-refractivity contribution in [1.82, 2.24) is 15.5 Å². The van der Waals surface area contributed by atoms with E-state index in [0.29, 0.717) is 24.7 Å². The van der Waals surface area contributed by atoms with Gasteiger partial charge in [-0.1, -0.05) is 19.8 Å². The van der Waals surface area contributed by atoms with Gasteiger partial charge in [0.25, 0.3) is 5.91 Å². The molecule has 2 N–H and O–H groups in total. The summed E-state index contributed by atoms with van der Waals surface area (Å²) in [7, 11) is 1.59. The summed E-state index contributed by atoms with van der Waals surface area (Å²) in [6, 6.07) is 3.43. The molecule has 1 aromatic rings. The van der Waals surface area contributed by atoms with Crippen LogP contribution < -0.4 is 10.6 Å². The number of anilines is 1. The Labute approximate surface area is 113 Å². The van der Waals surface area contributed by atoms with E-state index in [-0.39, 0.29) is 5.91 Å². The third-order valence-corrected chi connectivity index (χ3v) is 2.58. The van der Waals surface area contributed by atoms with Gasteiger partial charge in [-0.05, 0) is 18.6 Å². The summed E-state index contributed by atoms with van der Waals surface area (Å²) in [5, 5.41) is 13.7. The molecule has 0 bridgehead atoms. The number of aromatic nitrogens is 2. The molecule has 19 heavy (non-hydrogen) atoms. The van der Waals surface area contributed by atoms with Crippen LogP contribution in [0.25, 0.3) is 0 Å². The van der Waals surface area contributed by atoms with Crippen LogP contribution in [0.2, 0.25) is 0 Å². The Balaban J connectivity index is 2.36. The maximum Gasteiger partial charge on any atom is 0.271 e. The fourth-order valence-electron chi connectivity index (χ4n) is 1.50. The second kappa shape index (κ2) is 9.27. The normalized spacial score (nSPS) is 10.2. The van der Waals surface area contributed by atoms with Crippen molar-refractivity contribution in [2.75, 3.05) is 32.1 Å². The van der Waals surface area contributed by atoms with Crippen molar-refractivity contribution in [3.05, 3.63) is 17.8 Å². The number of nitrogens with one attached hydrogen (secondary N) is 2. The van der Waals surface area contributed by atoms with Gasteiger partial charge in [0, 0.05) is 20.2 Å². The average Bonchev–Trinajstić information content (AvgIpc) is 2.44. The third-order valence-electron chi connectivity index (χ3n) is 2.58. The lowest BCUT2D eigenvalue weighted by atomic mass is 10.2. The lowest BCUT2D eigenvalue weighted by Crippen LogP contribution is -2.28. The number of hydrogen-bond acceptors (Lipinski definition) is 5. The van der Waals surface area contributed by atoms with Crippen molar-refractivity contribution in [3.8, 4) is 0 Å². The Bertz CT molecular complexity index is 367. The van der Waals surface area contributed by atoms with Crippen LogP contribution in [0.1, 0.15) is 36.7 Å². The molecule has 0 aliphatic carbocycles. The van der Waals surface area contributed by atoms with E-state index in [1.807, 2.05) is 0 Å². The van der Waals surface area contributed by atoms with E-state index in [4.69, 9.17) is 4.74 Å². The largest absolute Gasteiger partial charge is 0.383 e. The molecule has 0 aliphatic heterocycles. The molecule has 106 valence electrons. The number of carbonyl (C=O) groups excluding carboxylic acids is 1. The van der Waals surface area contributed by atoms with E-state index in [1.165, 1.54) is 12.8 Å². The molecule has 1 amide bonds. The van der Waals surface area contributed by atoms with Gasteiger partial charge in [-0.3, -0.25) is 4.79 Å². The molecule has 0 atom stereocenters. The van der Waals surface area contributed by atoms with Crippen molar-refractivity contribution in [3.63, 3.8) is 0 Å². The van der Waals surface area contributed by atoms with Crippen LogP contribution >= 0.6 is 0 Å². The Morgan fingerprint density at radius 2 is 2.11 bits per heavy atom. The van der Waals surface area contributed by atoms with Gasteiger partial charge in [-0.2, -0.15) is 0 Å². The summed E-state index contributed by atoms with van der Waals surface area (Å²) in [5.74, 6) is 0.464. The molecular weight excluding hydrogens is 244 g/mol. The lowest BCUT2D eigenvalue weighted by molar-refractivity contribution is 0.0931. The lowest BCUT2D eigenvalue weighted by Gasteiger charge is -2.06. The molecule has 1 aromatic heterocycles. The number of methoxy groups -OCH3 is 1. The second-order valence-electron chi connectivity index (χ2n) is 4.19. The Morgan fingerprint density at radius 1 is 1.26 bits per heavy atom. The zero-order chi connectivity index (χ0) is 13.9. The van der Waals surface area contributed by atoms with Crippen LogP contribution in [-0.2, 0) is 4.74 Å². The maximum atomic E-state index is 11.6. The molecule has 1 heterocycles. The quantitative estimate of drug-likeness (QED) is 0.662. The molecule has 0 saturated carbocycles. The van der Waals surface area contributed by atoms with Gasteiger partial charge >= 0.3 is 0 Å². The highest BCUT2D eigenvalue weighted by Crippen LogP contribution is 2.03. The van der Waals surface area contributed by atoms with Gasteiger partial charge in [0.15, 0.2) is 5.69 Å². The Morgan fingerprint density at radius 3 is 2.74 bits per heavy atom. The van der Waals surface area contributed by atoms with Crippen LogP contribution in [0.15, 0.2) is 12.1 Å². The van der Waals surface area contributed by atoms with E-state index >= 15 is 0 Å². The maximum absolute atomic E-state index is 11.6. The molecule has 1 rings (SSSR count). The molecule has 0 aliphatic rings. The van der Waals surface area contributed by atoms with E-state index in [2.05, 4.69) is 27.8 Å². The van der Waals surface area contributed by atoms with Crippen LogP contribution in [-0.4, -0.2) is 42.9 Å². The number of hydrogen-bond donors (Lipinski definition) is 2. The number of unbranched alkanes of at least 4 members (excludes halogenated alkanes) is 2. The van der Waals surface area contributed by atoms with Crippen LogP contribution in [0.3, 0.4) is 0 Å². The summed E-state index contributed by atoms with van der Waals surface area (Å²) in [6.45, 7) is 3.99. The fourth-order valence-corrected chi connectivity index (χ4v) is 1.50. The summed E-state index contributed by atoms with van der Waals surface area (Å²) in [4.78, 5) is 11.6. The topological polar surface area (TPSA) is 76.1 Å². The highest BCUT2D eigenvalue weighted by Gasteiger charge is 2.06. The first-order valence-electron chi connectivity index (χ1n) is 6.62.